The number of rotatable bonds is 4. The summed E-state index contributed by atoms with van der Waals surface area (Å²) in [5.41, 5.74) is 0. The second-order valence-electron chi connectivity index (χ2n) is 1.08. The molecular weight excluding hydrogens is 130 g/mol. The van der Waals surface area contributed by atoms with Crippen LogP contribution in [0.3, 0.4) is 0 Å². The van der Waals surface area contributed by atoms with E-state index < -0.39 is 0 Å². The van der Waals surface area contributed by atoms with Crippen molar-refractivity contribution < 1.29 is 15.3 Å². The second-order valence-corrected chi connectivity index (χ2v) is 2.06. The van der Waals surface area contributed by atoms with E-state index in [0.717, 1.165) is 5.75 Å². The van der Waals surface area contributed by atoms with Crippen molar-refractivity contribution in [1.29, 1.82) is 0 Å². The van der Waals surface area contributed by atoms with E-state index in [0.29, 0.717) is 6.61 Å². The third-order valence-electron chi connectivity index (χ3n) is 0.494. The van der Waals surface area contributed by atoms with Crippen LogP contribution in [-0.2, 0) is 4.84 Å². The maximum atomic E-state index is 7.94. The first-order chi connectivity index (χ1) is 3.77. The lowest BCUT2D eigenvalue weighted by molar-refractivity contribution is -0.490. The Kier molecular flexibility index (Phi) is 5.46. The Hall–Kier alpha value is 0.190. The molecule has 0 amide bonds. The Labute approximate surface area is 51.9 Å². The molecule has 8 heavy (non-hydrogen) atoms. The van der Waals surface area contributed by atoms with Crippen molar-refractivity contribution in [2.45, 2.75) is 0 Å². The molecule has 0 aliphatic carbocycles. The second kappa shape index (κ2) is 5.33. The highest BCUT2D eigenvalue weighted by Crippen LogP contribution is 1.90. The van der Waals surface area contributed by atoms with Crippen LogP contribution in [0.15, 0.2) is 0 Å². The topological polar surface area (TPSA) is 52.9 Å². The van der Waals surface area contributed by atoms with Crippen molar-refractivity contribution in [3.63, 3.8) is 0 Å². The fraction of sp³-hybridized carbons (Fsp3) is 1.00. The summed E-state index contributed by atoms with van der Waals surface area (Å²) in [6.07, 6.45) is 1.91. The monoisotopic (exact) mass is 139 g/mol. The Morgan fingerprint density at radius 3 is 2.62 bits per heavy atom. The molecule has 4 nitrogen and oxygen atoms in total. The molecule has 0 aromatic heterocycles. The quantitative estimate of drug-likeness (QED) is 0.435. The van der Waals surface area contributed by atoms with Crippen molar-refractivity contribution in [3.8, 4) is 0 Å². The average Bonchev–Trinajstić information content (AvgIpc) is 1.66. The van der Waals surface area contributed by atoms with E-state index >= 15 is 0 Å². The molecule has 0 radical (unpaired) electrons. The van der Waals surface area contributed by atoms with Gasteiger partial charge in [0.15, 0.2) is 0 Å². The summed E-state index contributed by atoms with van der Waals surface area (Å²) in [5, 5.41) is 15.6. The Morgan fingerprint density at radius 1 is 1.62 bits per heavy atom. The van der Waals surface area contributed by atoms with Gasteiger partial charge in [0.1, 0.15) is 0 Å². The molecule has 0 aliphatic rings. The molecule has 0 saturated carbocycles. The van der Waals surface area contributed by atoms with Crippen molar-refractivity contribution in [1.82, 2.24) is 5.39 Å². The zero-order chi connectivity index (χ0) is 6.41. The van der Waals surface area contributed by atoms with Gasteiger partial charge in [-0.1, -0.05) is 0 Å². The van der Waals surface area contributed by atoms with E-state index in [1.165, 1.54) is 0 Å². The largest absolute Gasteiger partial charge is 0.266 e. The van der Waals surface area contributed by atoms with Gasteiger partial charge in [-0.15, -0.1) is 0 Å². The van der Waals surface area contributed by atoms with Gasteiger partial charge in [-0.05, 0) is 6.26 Å². The van der Waals surface area contributed by atoms with E-state index in [2.05, 4.69) is 4.84 Å². The summed E-state index contributed by atoms with van der Waals surface area (Å²) in [5.74, 6) is 0.748. The molecule has 0 unspecified atom stereocenters. The van der Waals surface area contributed by atoms with Crippen LogP contribution in [-0.4, -0.2) is 34.4 Å². The summed E-state index contributed by atoms with van der Waals surface area (Å²) in [6, 6.07) is 0. The minimum absolute atomic E-state index is 0.282. The lowest BCUT2D eigenvalue weighted by Crippen LogP contribution is -2.15. The standard InChI is InChI=1S/C3H9NO3S/c1-8-3-2-7-4(5)6/h5-6H,2-3H2,1H3. The minimum Gasteiger partial charge on any atom is -0.266 e. The van der Waals surface area contributed by atoms with Crippen LogP contribution in [0.4, 0.5) is 0 Å². The molecule has 0 aliphatic heterocycles. The zero-order valence-electron chi connectivity index (χ0n) is 4.57. The lowest BCUT2D eigenvalue weighted by Gasteiger charge is -2.03. The van der Waals surface area contributed by atoms with E-state index in [1.807, 2.05) is 6.26 Å². The molecule has 0 spiro atoms. The normalized spacial score (nSPS) is 10.5. The highest BCUT2D eigenvalue weighted by atomic mass is 32.2. The molecule has 0 bridgehead atoms. The molecular formula is C3H9NO3S. The lowest BCUT2D eigenvalue weighted by atomic mass is 10.9. The number of hydrogen-bond donors (Lipinski definition) is 2. The molecule has 0 saturated heterocycles. The molecule has 0 rings (SSSR count). The first-order valence-corrected chi connectivity index (χ1v) is 3.46. The summed E-state index contributed by atoms with van der Waals surface area (Å²) >= 11 is 1.57. The van der Waals surface area contributed by atoms with Crippen molar-refractivity contribution in [2.24, 2.45) is 0 Å². The third kappa shape index (κ3) is 6.19. The van der Waals surface area contributed by atoms with Crippen LogP contribution in [0.2, 0.25) is 0 Å². The predicted octanol–water partition coefficient (Wildman–Crippen LogP) is 0.361. The van der Waals surface area contributed by atoms with E-state index in [9.17, 15) is 0 Å². The summed E-state index contributed by atoms with van der Waals surface area (Å²) in [4.78, 5) is 4.21. The van der Waals surface area contributed by atoms with Gasteiger partial charge in [0.2, 0.25) is 0 Å². The number of hydrogen-bond acceptors (Lipinski definition) is 5. The maximum absolute atomic E-state index is 7.94. The molecule has 0 heterocycles. The molecule has 2 N–H and O–H groups in total. The highest BCUT2D eigenvalue weighted by Gasteiger charge is 1.89. The van der Waals surface area contributed by atoms with Crippen molar-refractivity contribution in [2.75, 3.05) is 18.6 Å². The summed E-state index contributed by atoms with van der Waals surface area (Å²) in [6.45, 7) is 0.314. The van der Waals surface area contributed by atoms with E-state index in [1.54, 1.807) is 11.8 Å². The maximum Gasteiger partial charge on any atom is 0.0826 e. The van der Waals surface area contributed by atoms with Gasteiger partial charge in [-0.2, -0.15) is 11.8 Å². The molecule has 5 heteroatoms. The zero-order valence-corrected chi connectivity index (χ0v) is 5.39. The molecule has 0 atom stereocenters. The minimum atomic E-state index is -0.282. The van der Waals surface area contributed by atoms with Crippen LogP contribution < -0.4 is 0 Å². The van der Waals surface area contributed by atoms with Crippen LogP contribution in [0.5, 0.6) is 0 Å². The third-order valence-corrected chi connectivity index (χ3v) is 1.07. The van der Waals surface area contributed by atoms with Gasteiger partial charge in [-0.25, -0.2) is 4.84 Å². The van der Waals surface area contributed by atoms with Gasteiger partial charge in [-0.3, -0.25) is 10.4 Å². The van der Waals surface area contributed by atoms with Crippen LogP contribution in [0, 0.1) is 0 Å². The Bertz CT molecular complexity index is 51.8. The van der Waals surface area contributed by atoms with E-state index in [4.69, 9.17) is 10.4 Å². The van der Waals surface area contributed by atoms with Gasteiger partial charge in [0, 0.05) is 5.75 Å². The van der Waals surface area contributed by atoms with Crippen LogP contribution >= 0.6 is 11.8 Å². The summed E-state index contributed by atoms with van der Waals surface area (Å²) in [7, 11) is 0. The van der Waals surface area contributed by atoms with E-state index in [-0.39, 0.29) is 5.39 Å². The average molecular weight is 139 g/mol. The number of thioether (sulfide) groups is 1. The molecule has 50 valence electrons. The highest BCUT2D eigenvalue weighted by molar-refractivity contribution is 7.98. The first kappa shape index (κ1) is 8.19. The predicted molar refractivity (Wildman–Crippen MR) is 29.7 cm³/mol. The van der Waals surface area contributed by atoms with Gasteiger partial charge in [0.05, 0.1) is 12.0 Å². The van der Waals surface area contributed by atoms with Crippen LogP contribution in [0.1, 0.15) is 0 Å². The van der Waals surface area contributed by atoms with Crippen molar-refractivity contribution in [3.05, 3.63) is 0 Å². The van der Waals surface area contributed by atoms with Gasteiger partial charge in [0.25, 0.3) is 0 Å². The molecule has 0 aromatic rings. The fourth-order valence-corrected chi connectivity index (χ4v) is 0.443. The van der Waals surface area contributed by atoms with Crippen molar-refractivity contribution >= 4 is 11.8 Å². The Morgan fingerprint density at radius 2 is 2.25 bits per heavy atom. The smallest absolute Gasteiger partial charge is 0.0826 e. The summed E-state index contributed by atoms with van der Waals surface area (Å²) < 4.78 is 0. The molecule has 0 aromatic carbocycles. The van der Waals surface area contributed by atoms with Gasteiger partial charge < -0.3 is 0 Å². The first-order valence-electron chi connectivity index (χ1n) is 2.07. The molecule has 0 fully saturated rings. The van der Waals surface area contributed by atoms with Gasteiger partial charge >= 0.3 is 0 Å². The number of nitrogens with zero attached hydrogens (tertiary/aromatic N) is 1. The SMILES string of the molecule is CSCCON(O)O. The fourth-order valence-electron chi connectivity index (χ4n) is 0.202. The Balaban J connectivity index is 2.72. The van der Waals surface area contributed by atoms with Crippen LogP contribution in [0.25, 0.3) is 0 Å².